The van der Waals surface area contributed by atoms with Crippen LogP contribution in [0.1, 0.15) is 10.4 Å². The number of nitrogens with zero attached hydrogens (tertiary/aromatic N) is 3. The van der Waals surface area contributed by atoms with Crippen LogP contribution in [0.15, 0.2) is 76.9 Å². The van der Waals surface area contributed by atoms with Crippen molar-refractivity contribution in [1.82, 2.24) is 14.8 Å². The van der Waals surface area contributed by atoms with Gasteiger partial charge in [-0.1, -0.05) is 30.3 Å². The number of amides is 1. The summed E-state index contributed by atoms with van der Waals surface area (Å²) in [5, 5.41) is 14.1. The van der Waals surface area contributed by atoms with Crippen molar-refractivity contribution in [2.24, 2.45) is 0 Å². The third kappa shape index (κ3) is 3.65. The van der Waals surface area contributed by atoms with Crippen molar-refractivity contribution < 1.29 is 4.79 Å². The van der Waals surface area contributed by atoms with Crippen LogP contribution in [0.4, 0.5) is 5.13 Å². The standard InChI is InChI=1S/C21H14N4OS3/c26-20(23-21-22-16(13-29-21)17-8-4-10-27-17)15-12-25(14-6-2-1-3-7-14)24-19(15)18-9-5-11-28-18/h1-13H,(H,22,23,26). The van der Waals surface area contributed by atoms with Gasteiger partial charge in [0.15, 0.2) is 5.13 Å². The van der Waals surface area contributed by atoms with Crippen LogP contribution in [0.5, 0.6) is 0 Å². The number of rotatable bonds is 5. The third-order valence-corrected chi connectivity index (χ3v) is 6.76. The maximum Gasteiger partial charge on any atom is 0.261 e. The first-order valence-electron chi connectivity index (χ1n) is 8.77. The van der Waals surface area contributed by atoms with Gasteiger partial charge in [-0.25, -0.2) is 9.67 Å². The molecule has 5 nitrogen and oxygen atoms in total. The summed E-state index contributed by atoms with van der Waals surface area (Å²) >= 11 is 4.60. The van der Waals surface area contributed by atoms with E-state index in [0.29, 0.717) is 16.4 Å². The van der Waals surface area contributed by atoms with Crippen LogP contribution in [0.2, 0.25) is 0 Å². The monoisotopic (exact) mass is 434 g/mol. The number of hydrogen-bond acceptors (Lipinski definition) is 6. The van der Waals surface area contributed by atoms with Gasteiger partial charge in [-0.15, -0.1) is 34.0 Å². The molecule has 29 heavy (non-hydrogen) atoms. The quantitative estimate of drug-likeness (QED) is 0.367. The Morgan fingerprint density at radius 1 is 0.897 bits per heavy atom. The van der Waals surface area contributed by atoms with Crippen LogP contribution in [-0.4, -0.2) is 20.7 Å². The Kier molecular flexibility index (Phi) is 4.81. The van der Waals surface area contributed by atoms with E-state index >= 15 is 0 Å². The smallest absolute Gasteiger partial charge is 0.261 e. The second kappa shape index (κ2) is 7.75. The fourth-order valence-electron chi connectivity index (χ4n) is 2.88. The maximum atomic E-state index is 13.1. The number of anilines is 1. The number of benzene rings is 1. The number of aromatic nitrogens is 3. The first kappa shape index (κ1) is 18.0. The van der Waals surface area contributed by atoms with Crippen molar-refractivity contribution >= 4 is 45.0 Å². The summed E-state index contributed by atoms with van der Waals surface area (Å²) in [4.78, 5) is 19.7. The molecule has 0 saturated carbocycles. The van der Waals surface area contributed by atoms with E-state index < -0.39 is 0 Å². The molecule has 0 bridgehead atoms. The van der Waals surface area contributed by atoms with Gasteiger partial charge in [0.25, 0.3) is 5.91 Å². The molecule has 0 aliphatic heterocycles. The lowest BCUT2D eigenvalue weighted by Gasteiger charge is -2.01. The topological polar surface area (TPSA) is 59.8 Å². The summed E-state index contributed by atoms with van der Waals surface area (Å²) in [6, 6.07) is 17.7. The van der Waals surface area contributed by atoms with Crippen LogP contribution in [0, 0.1) is 0 Å². The Morgan fingerprint density at radius 3 is 2.38 bits per heavy atom. The van der Waals surface area contributed by atoms with Crippen LogP contribution < -0.4 is 5.32 Å². The molecule has 1 N–H and O–H groups in total. The van der Waals surface area contributed by atoms with Gasteiger partial charge in [0, 0.05) is 11.6 Å². The van der Waals surface area contributed by atoms with Gasteiger partial charge in [0.1, 0.15) is 5.69 Å². The first-order chi connectivity index (χ1) is 14.3. The van der Waals surface area contributed by atoms with Gasteiger partial charge in [0.2, 0.25) is 0 Å². The van der Waals surface area contributed by atoms with Crippen molar-refractivity contribution in [2.75, 3.05) is 5.32 Å². The fraction of sp³-hybridized carbons (Fsp3) is 0. The number of hydrogen-bond donors (Lipinski definition) is 1. The largest absolute Gasteiger partial charge is 0.298 e. The molecule has 5 aromatic rings. The maximum absolute atomic E-state index is 13.1. The summed E-state index contributed by atoms with van der Waals surface area (Å²) in [5.41, 5.74) is 2.96. The van der Waals surface area contributed by atoms with Crippen LogP contribution in [0.3, 0.4) is 0 Å². The number of thiophene rings is 2. The molecule has 0 radical (unpaired) electrons. The average Bonchev–Trinajstić information content (AvgIpc) is 3.55. The van der Waals surface area contributed by atoms with E-state index in [1.165, 1.54) is 11.3 Å². The molecule has 8 heteroatoms. The average molecular weight is 435 g/mol. The van der Waals surface area contributed by atoms with E-state index in [1.807, 2.05) is 70.7 Å². The second-order valence-corrected chi connectivity index (χ2v) is 8.87. The predicted molar refractivity (Wildman–Crippen MR) is 120 cm³/mol. The molecular weight excluding hydrogens is 420 g/mol. The van der Waals surface area contributed by atoms with Crippen LogP contribution >= 0.6 is 34.0 Å². The highest BCUT2D eigenvalue weighted by atomic mass is 32.1. The minimum Gasteiger partial charge on any atom is -0.298 e. The van der Waals surface area contributed by atoms with E-state index in [4.69, 9.17) is 0 Å². The van der Waals surface area contributed by atoms with E-state index in [-0.39, 0.29) is 5.91 Å². The third-order valence-electron chi connectivity index (χ3n) is 4.23. The van der Waals surface area contributed by atoms with E-state index in [1.54, 1.807) is 33.6 Å². The molecular formula is C21H14N4OS3. The van der Waals surface area contributed by atoms with Crippen molar-refractivity contribution in [1.29, 1.82) is 0 Å². The summed E-state index contributed by atoms with van der Waals surface area (Å²) in [7, 11) is 0. The molecule has 0 aliphatic rings. The van der Waals surface area contributed by atoms with E-state index in [0.717, 1.165) is 21.1 Å². The number of carbonyl (C=O) groups is 1. The second-order valence-electron chi connectivity index (χ2n) is 6.12. The molecule has 0 spiro atoms. The lowest BCUT2D eigenvalue weighted by molar-refractivity contribution is 0.102. The number of para-hydroxylation sites is 1. The minimum atomic E-state index is -0.220. The van der Waals surface area contributed by atoms with Crippen molar-refractivity contribution in [2.45, 2.75) is 0 Å². The zero-order chi connectivity index (χ0) is 19.6. The van der Waals surface area contributed by atoms with Gasteiger partial charge >= 0.3 is 0 Å². The Labute approximate surface area is 178 Å². The molecule has 4 aromatic heterocycles. The van der Waals surface area contributed by atoms with Gasteiger partial charge in [-0.3, -0.25) is 10.1 Å². The summed E-state index contributed by atoms with van der Waals surface area (Å²) < 4.78 is 1.74. The number of nitrogens with one attached hydrogen (secondary N) is 1. The fourth-order valence-corrected chi connectivity index (χ4v) is 5.07. The Hall–Kier alpha value is -3.07. The van der Waals surface area contributed by atoms with Crippen LogP contribution in [0.25, 0.3) is 26.8 Å². The zero-order valence-electron chi connectivity index (χ0n) is 15.0. The lowest BCUT2D eigenvalue weighted by atomic mass is 10.2. The highest BCUT2D eigenvalue weighted by molar-refractivity contribution is 7.16. The normalized spacial score (nSPS) is 10.9. The Balaban J connectivity index is 1.48. The highest BCUT2D eigenvalue weighted by Crippen LogP contribution is 2.31. The predicted octanol–water partition coefficient (Wildman–Crippen LogP) is 6.04. The summed E-state index contributed by atoms with van der Waals surface area (Å²) in [5.74, 6) is -0.220. The Morgan fingerprint density at radius 2 is 1.66 bits per heavy atom. The molecule has 0 fully saturated rings. The summed E-state index contributed by atoms with van der Waals surface area (Å²) in [6.45, 7) is 0. The minimum absolute atomic E-state index is 0.220. The van der Waals surface area contributed by atoms with Gasteiger partial charge in [-0.05, 0) is 35.0 Å². The summed E-state index contributed by atoms with van der Waals surface area (Å²) in [6.07, 6.45) is 1.77. The highest BCUT2D eigenvalue weighted by Gasteiger charge is 2.20. The SMILES string of the molecule is O=C(Nc1nc(-c2cccs2)cs1)c1cn(-c2ccccc2)nc1-c1cccs1. The lowest BCUT2D eigenvalue weighted by Crippen LogP contribution is -2.12. The molecule has 0 atom stereocenters. The number of thiazole rings is 1. The number of carbonyl (C=O) groups excluding carboxylic acids is 1. The van der Waals surface area contributed by atoms with Crippen LogP contribution in [-0.2, 0) is 0 Å². The van der Waals surface area contributed by atoms with Gasteiger partial charge in [0.05, 0.1) is 26.7 Å². The molecule has 4 heterocycles. The molecule has 142 valence electrons. The molecule has 0 saturated heterocycles. The molecule has 1 amide bonds. The van der Waals surface area contributed by atoms with Crippen molar-refractivity contribution in [3.05, 3.63) is 82.5 Å². The van der Waals surface area contributed by atoms with Gasteiger partial charge < -0.3 is 0 Å². The van der Waals surface area contributed by atoms with Crippen molar-refractivity contribution in [3.63, 3.8) is 0 Å². The molecule has 1 aromatic carbocycles. The van der Waals surface area contributed by atoms with E-state index in [2.05, 4.69) is 15.4 Å². The van der Waals surface area contributed by atoms with E-state index in [9.17, 15) is 4.79 Å². The molecule has 5 rings (SSSR count). The first-order valence-corrected chi connectivity index (χ1v) is 11.4. The zero-order valence-corrected chi connectivity index (χ0v) is 17.4. The van der Waals surface area contributed by atoms with Crippen molar-refractivity contribution in [3.8, 4) is 26.8 Å². The molecule has 0 aliphatic carbocycles. The molecule has 0 unspecified atom stereocenters. The van der Waals surface area contributed by atoms with Gasteiger partial charge in [-0.2, -0.15) is 5.10 Å². The Bertz CT molecular complexity index is 1240.